The SMILES string of the molecule is CCOC(=O)C1=C(C)N=C(N)SC1c1cccc(OC)c1. The van der Waals surface area contributed by atoms with Gasteiger partial charge >= 0.3 is 5.97 Å². The third-order valence-corrected chi connectivity index (χ3v) is 4.14. The third-order valence-electron chi connectivity index (χ3n) is 3.06. The predicted octanol–water partition coefficient (Wildman–Crippen LogP) is 2.63. The van der Waals surface area contributed by atoms with E-state index in [-0.39, 0.29) is 11.2 Å². The highest BCUT2D eigenvalue weighted by atomic mass is 32.2. The Bertz CT molecular complexity index is 611. The number of thioether (sulfide) groups is 1. The molecule has 2 N–H and O–H groups in total. The van der Waals surface area contributed by atoms with Crippen molar-refractivity contribution >= 4 is 22.9 Å². The molecule has 1 aliphatic heterocycles. The second-order valence-electron chi connectivity index (χ2n) is 4.44. The van der Waals surface area contributed by atoms with Gasteiger partial charge in [0.15, 0.2) is 5.17 Å². The molecule has 1 heterocycles. The molecule has 0 fully saturated rings. The van der Waals surface area contributed by atoms with Crippen molar-refractivity contribution in [2.24, 2.45) is 10.7 Å². The van der Waals surface area contributed by atoms with Crippen molar-refractivity contribution in [3.05, 3.63) is 41.1 Å². The van der Waals surface area contributed by atoms with Gasteiger partial charge in [0.05, 0.1) is 30.2 Å². The van der Waals surface area contributed by atoms with Crippen molar-refractivity contribution in [3.63, 3.8) is 0 Å². The lowest BCUT2D eigenvalue weighted by Gasteiger charge is -2.24. The molecule has 1 aliphatic rings. The molecule has 0 saturated heterocycles. The third kappa shape index (κ3) is 3.39. The van der Waals surface area contributed by atoms with E-state index < -0.39 is 0 Å². The van der Waals surface area contributed by atoms with Crippen LogP contribution in [0.1, 0.15) is 24.7 Å². The maximum atomic E-state index is 12.2. The standard InChI is InChI=1S/C15H18N2O3S/c1-4-20-14(18)12-9(2)17-15(16)21-13(12)10-6-5-7-11(8-10)19-3/h5-8,13H,4H2,1-3H3,(H2,16,17). The number of carbonyl (C=O) groups excluding carboxylic acids is 1. The molecule has 0 spiro atoms. The monoisotopic (exact) mass is 306 g/mol. The summed E-state index contributed by atoms with van der Waals surface area (Å²) in [5.74, 6) is 0.376. The summed E-state index contributed by atoms with van der Waals surface area (Å²) in [5.41, 5.74) is 7.91. The topological polar surface area (TPSA) is 73.9 Å². The zero-order chi connectivity index (χ0) is 15.4. The van der Waals surface area contributed by atoms with E-state index in [9.17, 15) is 4.79 Å². The van der Waals surface area contributed by atoms with E-state index in [2.05, 4.69) is 4.99 Å². The number of ether oxygens (including phenoxy) is 2. The molecule has 1 unspecified atom stereocenters. The van der Waals surface area contributed by atoms with Crippen LogP contribution in [0.15, 0.2) is 40.5 Å². The van der Waals surface area contributed by atoms with Crippen molar-refractivity contribution < 1.29 is 14.3 Å². The molecule has 2 rings (SSSR count). The summed E-state index contributed by atoms with van der Waals surface area (Å²) in [5, 5.41) is 0.199. The number of hydrogen-bond acceptors (Lipinski definition) is 6. The fourth-order valence-corrected chi connectivity index (χ4v) is 3.22. The summed E-state index contributed by atoms with van der Waals surface area (Å²) in [6, 6.07) is 7.57. The molecule has 6 heteroatoms. The van der Waals surface area contributed by atoms with Crippen LogP contribution in [0.4, 0.5) is 0 Å². The number of nitrogens with zero attached hydrogens (tertiary/aromatic N) is 1. The molecule has 1 atom stereocenters. The molecule has 0 amide bonds. The first-order valence-corrected chi connectivity index (χ1v) is 7.47. The lowest BCUT2D eigenvalue weighted by molar-refractivity contribution is -0.138. The highest BCUT2D eigenvalue weighted by molar-refractivity contribution is 8.14. The van der Waals surface area contributed by atoms with E-state index in [1.165, 1.54) is 11.8 Å². The normalized spacial score (nSPS) is 18.2. The van der Waals surface area contributed by atoms with Gasteiger partial charge in [0, 0.05) is 0 Å². The molecule has 1 aromatic rings. The Morgan fingerprint density at radius 3 is 2.90 bits per heavy atom. The van der Waals surface area contributed by atoms with E-state index in [0.29, 0.717) is 23.0 Å². The number of carbonyl (C=O) groups is 1. The molecule has 0 bridgehead atoms. The molecular weight excluding hydrogens is 288 g/mol. The first-order valence-electron chi connectivity index (χ1n) is 6.59. The zero-order valence-electron chi connectivity index (χ0n) is 12.3. The molecule has 0 saturated carbocycles. The van der Waals surface area contributed by atoms with Gasteiger partial charge in [0.2, 0.25) is 0 Å². The van der Waals surface area contributed by atoms with Crippen LogP contribution >= 0.6 is 11.8 Å². The predicted molar refractivity (Wildman–Crippen MR) is 84.3 cm³/mol. The fraction of sp³-hybridized carbons (Fsp3) is 0.333. The second-order valence-corrected chi connectivity index (χ2v) is 5.57. The van der Waals surface area contributed by atoms with Crippen LogP contribution in [0.5, 0.6) is 5.75 Å². The number of benzene rings is 1. The summed E-state index contributed by atoms with van der Waals surface area (Å²) >= 11 is 1.34. The Hall–Kier alpha value is -1.95. The zero-order valence-corrected chi connectivity index (χ0v) is 13.1. The molecule has 112 valence electrons. The van der Waals surface area contributed by atoms with E-state index >= 15 is 0 Å². The van der Waals surface area contributed by atoms with E-state index in [0.717, 1.165) is 11.3 Å². The minimum Gasteiger partial charge on any atom is -0.497 e. The first kappa shape index (κ1) is 15.4. The summed E-state index contributed by atoms with van der Waals surface area (Å²) < 4.78 is 10.4. The molecule has 5 nitrogen and oxygen atoms in total. The highest BCUT2D eigenvalue weighted by Crippen LogP contribution is 2.42. The second kappa shape index (κ2) is 6.67. The maximum Gasteiger partial charge on any atom is 0.337 e. The van der Waals surface area contributed by atoms with Gasteiger partial charge in [-0.25, -0.2) is 9.79 Å². The average Bonchev–Trinajstić information content (AvgIpc) is 2.46. The van der Waals surface area contributed by atoms with Gasteiger partial charge in [-0.1, -0.05) is 23.9 Å². The number of nitrogens with two attached hydrogens (primary N) is 1. The van der Waals surface area contributed by atoms with Gasteiger partial charge in [0.25, 0.3) is 0 Å². The van der Waals surface area contributed by atoms with Gasteiger partial charge in [-0.3, -0.25) is 0 Å². The van der Waals surface area contributed by atoms with Gasteiger partial charge in [-0.2, -0.15) is 0 Å². The van der Waals surface area contributed by atoms with Crippen LogP contribution in [0.25, 0.3) is 0 Å². The number of rotatable bonds is 4. The van der Waals surface area contributed by atoms with Crippen LogP contribution in [0.3, 0.4) is 0 Å². The van der Waals surface area contributed by atoms with Crippen LogP contribution in [0, 0.1) is 0 Å². The average molecular weight is 306 g/mol. The van der Waals surface area contributed by atoms with Crippen molar-refractivity contribution in [1.29, 1.82) is 0 Å². The number of esters is 1. The van der Waals surface area contributed by atoms with Crippen LogP contribution < -0.4 is 10.5 Å². The Morgan fingerprint density at radius 2 is 2.24 bits per heavy atom. The van der Waals surface area contributed by atoms with E-state index in [4.69, 9.17) is 15.2 Å². The molecular formula is C15H18N2O3S. The van der Waals surface area contributed by atoms with Crippen molar-refractivity contribution in [1.82, 2.24) is 0 Å². The summed E-state index contributed by atoms with van der Waals surface area (Å²) in [6.45, 7) is 3.87. The number of hydrogen-bond donors (Lipinski definition) is 1. The van der Waals surface area contributed by atoms with Gasteiger partial charge in [-0.15, -0.1) is 0 Å². The first-order chi connectivity index (χ1) is 10.1. The fourth-order valence-electron chi connectivity index (χ4n) is 2.12. The number of aliphatic imine (C=N–C) groups is 1. The molecule has 1 aromatic carbocycles. The van der Waals surface area contributed by atoms with Crippen molar-refractivity contribution in [2.45, 2.75) is 19.1 Å². The lowest BCUT2D eigenvalue weighted by Crippen LogP contribution is -2.22. The minimum absolute atomic E-state index is 0.239. The molecule has 0 aliphatic carbocycles. The van der Waals surface area contributed by atoms with Crippen molar-refractivity contribution in [3.8, 4) is 5.75 Å². The quantitative estimate of drug-likeness (QED) is 0.866. The number of allylic oxidation sites excluding steroid dienone is 1. The Balaban J connectivity index is 2.44. The van der Waals surface area contributed by atoms with Crippen LogP contribution in [-0.4, -0.2) is 24.9 Å². The Labute approximate surface area is 128 Å². The summed E-state index contributed by atoms with van der Waals surface area (Å²) in [6.07, 6.45) is 0. The Morgan fingerprint density at radius 1 is 1.48 bits per heavy atom. The molecule has 0 aromatic heterocycles. The maximum absolute atomic E-state index is 12.2. The van der Waals surface area contributed by atoms with Gasteiger partial charge < -0.3 is 15.2 Å². The number of amidine groups is 1. The minimum atomic E-state index is -0.355. The van der Waals surface area contributed by atoms with Gasteiger partial charge in [0.1, 0.15) is 5.75 Å². The molecule has 0 radical (unpaired) electrons. The smallest absolute Gasteiger partial charge is 0.337 e. The highest BCUT2D eigenvalue weighted by Gasteiger charge is 2.31. The largest absolute Gasteiger partial charge is 0.497 e. The lowest BCUT2D eigenvalue weighted by atomic mass is 10.0. The van der Waals surface area contributed by atoms with Gasteiger partial charge in [-0.05, 0) is 31.5 Å². The van der Waals surface area contributed by atoms with Crippen LogP contribution in [0.2, 0.25) is 0 Å². The summed E-state index contributed by atoms with van der Waals surface area (Å²) in [7, 11) is 1.61. The summed E-state index contributed by atoms with van der Waals surface area (Å²) in [4.78, 5) is 16.4. The van der Waals surface area contributed by atoms with E-state index in [1.807, 2.05) is 24.3 Å². The van der Waals surface area contributed by atoms with Crippen LogP contribution in [-0.2, 0) is 9.53 Å². The van der Waals surface area contributed by atoms with E-state index in [1.54, 1.807) is 21.0 Å². The number of methoxy groups -OCH3 is 1. The Kier molecular flexibility index (Phi) is 4.90. The van der Waals surface area contributed by atoms with Crippen molar-refractivity contribution in [2.75, 3.05) is 13.7 Å². The molecule has 21 heavy (non-hydrogen) atoms.